The van der Waals surface area contributed by atoms with Crippen molar-refractivity contribution >= 4 is 0 Å². The first-order valence-electron chi connectivity index (χ1n) is 6.30. The van der Waals surface area contributed by atoms with Crippen LogP contribution >= 0.6 is 0 Å². The predicted octanol–water partition coefficient (Wildman–Crippen LogP) is 3.24. The third-order valence-corrected chi connectivity index (χ3v) is 2.67. The van der Waals surface area contributed by atoms with Crippen LogP contribution in [0.3, 0.4) is 0 Å². The maximum absolute atomic E-state index is 12.7. The molecule has 21 heavy (non-hydrogen) atoms. The number of hydrogen-bond acceptors (Lipinski definition) is 3. The van der Waals surface area contributed by atoms with Crippen LogP contribution in [-0.4, -0.2) is 16.6 Å². The van der Waals surface area contributed by atoms with E-state index < -0.39 is 17.3 Å². The first-order valence-corrected chi connectivity index (χ1v) is 6.30. The van der Waals surface area contributed by atoms with E-state index in [1.807, 2.05) is 6.92 Å². The first kappa shape index (κ1) is 15.1. The molecule has 2 heterocycles. The first-order chi connectivity index (χ1) is 9.90. The summed E-state index contributed by atoms with van der Waals surface area (Å²) in [5, 5.41) is 0. The second-order valence-corrected chi connectivity index (χ2v) is 4.40. The van der Waals surface area contributed by atoms with Gasteiger partial charge < -0.3 is 9.72 Å². The van der Waals surface area contributed by atoms with Crippen molar-refractivity contribution in [3.63, 3.8) is 0 Å². The summed E-state index contributed by atoms with van der Waals surface area (Å²) < 4.78 is 43.5. The van der Waals surface area contributed by atoms with E-state index in [2.05, 4.69) is 9.97 Å². The van der Waals surface area contributed by atoms with Crippen LogP contribution in [0.25, 0.3) is 11.3 Å². The standard InChI is InChI=1S/C14H13F3N2O2/c1-2-3-21-11-4-9(7-18-8-11)12-5-10(14(15,16)17)6-13(20)19-12/h4-8H,2-3H2,1H3,(H,19,20). The second-order valence-electron chi connectivity index (χ2n) is 4.40. The number of halogens is 3. The lowest BCUT2D eigenvalue weighted by atomic mass is 10.1. The molecule has 0 bridgehead atoms. The minimum atomic E-state index is -4.58. The number of pyridine rings is 2. The molecular formula is C14H13F3N2O2. The van der Waals surface area contributed by atoms with Crippen LogP contribution in [0, 0.1) is 0 Å². The molecule has 0 aliphatic rings. The summed E-state index contributed by atoms with van der Waals surface area (Å²) in [6.45, 7) is 2.41. The van der Waals surface area contributed by atoms with Crippen molar-refractivity contribution in [2.75, 3.05) is 6.61 Å². The van der Waals surface area contributed by atoms with Crippen molar-refractivity contribution in [3.05, 3.63) is 46.5 Å². The van der Waals surface area contributed by atoms with Crippen LogP contribution in [0.5, 0.6) is 5.75 Å². The zero-order valence-electron chi connectivity index (χ0n) is 11.2. The highest BCUT2D eigenvalue weighted by atomic mass is 19.4. The van der Waals surface area contributed by atoms with Crippen molar-refractivity contribution < 1.29 is 17.9 Å². The third kappa shape index (κ3) is 3.84. The average Bonchev–Trinajstić information content (AvgIpc) is 2.44. The zero-order chi connectivity index (χ0) is 15.5. The van der Waals surface area contributed by atoms with Crippen LogP contribution < -0.4 is 10.3 Å². The summed E-state index contributed by atoms with van der Waals surface area (Å²) in [6, 6.07) is 2.93. The van der Waals surface area contributed by atoms with E-state index in [1.165, 1.54) is 18.5 Å². The SMILES string of the molecule is CCCOc1cncc(-c2cc(C(F)(F)F)cc(=O)[nH]2)c1. The van der Waals surface area contributed by atoms with Crippen molar-refractivity contribution in [1.82, 2.24) is 9.97 Å². The highest BCUT2D eigenvalue weighted by Crippen LogP contribution is 2.30. The summed E-state index contributed by atoms with van der Waals surface area (Å²) in [4.78, 5) is 17.7. The molecule has 0 saturated carbocycles. The lowest BCUT2D eigenvalue weighted by molar-refractivity contribution is -0.137. The number of nitrogens with one attached hydrogen (secondary N) is 1. The molecule has 0 saturated heterocycles. The van der Waals surface area contributed by atoms with E-state index in [0.717, 1.165) is 12.5 Å². The molecule has 0 amide bonds. The quantitative estimate of drug-likeness (QED) is 0.942. The predicted molar refractivity (Wildman–Crippen MR) is 71.1 cm³/mol. The fourth-order valence-electron chi connectivity index (χ4n) is 1.73. The summed E-state index contributed by atoms with van der Waals surface area (Å²) in [7, 11) is 0. The van der Waals surface area contributed by atoms with Gasteiger partial charge in [-0.15, -0.1) is 0 Å². The fraction of sp³-hybridized carbons (Fsp3) is 0.286. The highest BCUT2D eigenvalue weighted by Gasteiger charge is 2.31. The van der Waals surface area contributed by atoms with Crippen LogP contribution in [0.2, 0.25) is 0 Å². The van der Waals surface area contributed by atoms with E-state index in [9.17, 15) is 18.0 Å². The van der Waals surface area contributed by atoms with Crippen LogP contribution in [-0.2, 0) is 6.18 Å². The molecule has 112 valence electrons. The molecular weight excluding hydrogens is 285 g/mol. The Balaban J connectivity index is 2.42. The topological polar surface area (TPSA) is 55.0 Å². The third-order valence-electron chi connectivity index (χ3n) is 2.67. The van der Waals surface area contributed by atoms with Gasteiger partial charge in [-0.05, 0) is 18.6 Å². The van der Waals surface area contributed by atoms with Crippen LogP contribution in [0.15, 0.2) is 35.4 Å². The number of aromatic nitrogens is 2. The van der Waals surface area contributed by atoms with Gasteiger partial charge in [0.05, 0.1) is 24.1 Å². The maximum atomic E-state index is 12.7. The summed E-state index contributed by atoms with van der Waals surface area (Å²) in [5.41, 5.74) is -1.42. The van der Waals surface area contributed by atoms with Gasteiger partial charge in [0.25, 0.3) is 0 Å². The number of hydrogen-bond donors (Lipinski definition) is 1. The van der Waals surface area contributed by atoms with E-state index >= 15 is 0 Å². The van der Waals surface area contributed by atoms with Gasteiger partial charge in [-0.25, -0.2) is 0 Å². The van der Waals surface area contributed by atoms with E-state index in [1.54, 1.807) is 0 Å². The molecule has 0 atom stereocenters. The Bertz CT molecular complexity index is 680. The molecule has 7 heteroatoms. The van der Waals surface area contributed by atoms with Gasteiger partial charge in [-0.2, -0.15) is 13.2 Å². The fourth-order valence-corrected chi connectivity index (χ4v) is 1.73. The summed E-state index contributed by atoms with van der Waals surface area (Å²) >= 11 is 0. The lowest BCUT2D eigenvalue weighted by Crippen LogP contribution is -2.13. The number of H-pyrrole nitrogens is 1. The number of alkyl halides is 3. The smallest absolute Gasteiger partial charge is 0.416 e. The van der Waals surface area contributed by atoms with E-state index in [4.69, 9.17) is 4.74 Å². The van der Waals surface area contributed by atoms with Crippen molar-refractivity contribution in [1.29, 1.82) is 0 Å². The van der Waals surface area contributed by atoms with Crippen LogP contribution in [0.1, 0.15) is 18.9 Å². The molecule has 0 aliphatic heterocycles. The molecule has 1 N–H and O–H groups in total. The monoisotopic (exact) mass is 298 g/mol. The molecule has 4 nitrogen and oxygen atoms in total. The Morgan fingerprint density at radius 3 is 2.67 bits per heavy atom. The van der Waals surface area contributed by atoms with E-state index in [0.29, 0.717) is 24.0 Å². The Morgan fingerprint density at radius 2 is 2.00 bits per heavy atom. The van der Waals surface area contributed by atoms with Crippen molar-refractivity contribution in [3.8, 4) is 17.0 Å². The maximum Gasteiger partial charge on any atom is 0.416 e. The molecule has 2 aromatic rings. The molecule has 0 spiro atoms. The van der Waals surface area contributed by atoms with Gasteiger partial charge in [0, 0.05) is 17.8 Å². The van der Waals surface area contributed by atoms with Gasteiger partial charge in [0.1, 0.15) is 5.75 Å². The molecule has 0 aliphatic carbocycles. The Hall–Kier alpha value is -2.31. The zero-order valence-corrected chi connectivity index (χ0v) is 11.2. The van der Waals surface area contributed by atoms with Gasteiger partial charge in [-0.3, -0.25) is 9.78 Å². The van der Waals surface area contributed by atoms with Gasteiger partial charge in [0.15, 0.2) is 0 Å². The van der Waals surface area contributed by atoms with Gasteiger partial charge >= 0.3 is 6.18 Å². The molecule has 2 aromatic heterocycles. The summed E-state index contributed by atoms with van der Waals surface area (Å²) in [5.74, 6) is 0.438. The number of ether oxygens (including phenoxy) is 1. The van der Waals surface area contributed by atoms with Gasteiger partial charge in [-0.1, -0.05) is 6.92 Å². The van der Waals surface area contributed by atoms with Crippen LogP contribution in [0.4, 0.5) is 13.2 Å². The lowest BCUT2D eigenvalue weighted by Gasteiger charge is -2.09. The van der Waals surface area contributed by atoms with Crippen molar-refractivity contribution in [2.45, 2.75) is 19.5 Å². The minimum Gasteiger partial charge on any atom is -0.492 e. The number of nitrogens with zero attached hydrogens (tertiary/aromatic N) is 1. The largest absolute Gasteiger partial charge is 0.492 e. The van der Waals surface area contributed by atoms with Crippen molar-refractivity contribution in [2.24, 2.45) is 0 Å². The molecule has 0 fully saturated rings. The van der Waals surface area contributed by atoms with Gasteiger partial charge in [0.2, 0.25) is 5.56 Å². The summed E-state index contributed by atoms with van der Waals surface area (Å²) in [6.07, 6.45) is -0.952. The minimum absolute atomic E-state index is 0.0456. The molecule has 2 rings (SSSR count). The normalized spacial score (nSPS) is 11.4. The number of aromatic amines is 1. The second kappa shape index (κ2) is 5.99. The Morgan fingerprint density at radius 1 is 1.24 bits per heavy atom. The number of rotatable bonds is 4. The molecule has 0 aromatic carbocycles. The van der Waals surface area contributed by atoms with E-state index in [-0.39, 0.29) is 5.69 Å². The Labute approximate surface area is 118 Å². The highest BCUT2D eigenvalue weighted by molar-refractivity contribution is 5.60. The average molecular weight is 298 g/mol. The molecule has 0 unspecified atom stereocenters. The Kier molecular flexibility index (Phi) is 4.30. The molecule has 0 radical (unpaired) electrons.